The zero-order valence-electron chi connectivity index (χ0n) is 9.83. The van der Waals surface area contributed by atoms with Crippen molar-refractivity contribution in [3.05, 3.63) is 16.4 Å². The minimum absolute atomic E-state index is 0.00405. The SMILES string of the molecule is NNc1ncnc(NCCOCC(N)=O)c1[N+](=O)[O-]. The molecule has 0 spiro atoms. The van der Waals surface area contributed by atoms with Gasteiger partial charge in [0.1, 0.15) is 12.9 Å². The lowest BCUT2D eigenvalue weighted by molar-refractivity contribution is -0.383. The molecule has 0 fully saturated rings. The van der Waals surface area contributed by atoms with E-state index in [4.69, 9.17) is 16.3 Å². The first kappa shape index (κ1) is 14.5. The lowest BCUT2D eigenvalue weighted by atomic mass is 10.4. The Labute approximate surface area is 107 Å². The van der Waals surface area contributed by atoms with Gasteiger partial charge in [0, 0.05) is 6.54 Å². The number of hydrogen-bond donors (Lipinski definition) is 4. The third-order valence-electron chi connectivity index (χ3n) is 1.92. The van der Waals surface area contributed by atoms with Crippen molar-refractivity contribution in [1.29, 1.82) is 0 Å². The van der Waals surface area contributed by atoms with Gasteiger partial charge in [-0.2, -0.15) is 0 Å². The molecule has 0 aliphatic rings. The zero-order valence-corrected chi connectivity index (χ0v) is 9.83. The van der Waals surface area contributed by atoms with E-state index in [0.717, 1.165) is 6.33 Å². The fraction of sp³-hybridized carbons (Fsp3) is 0.375. The molecule has 104 valence electrons. The van der Waals surface area contributed by atoms with Crippen molar-refractivity contribution < 1.29 is 14.5 Å². The van der Waals surface area contributed by atoms with Gasteiger partial charge in [0.15, 0.2) is 0 Å². The van der Waals surface area contributed by atoms with Crippen molar-refractivity contribution in [3.8, 4) is 0 Å². The predicted molar refractivity (Wildman–Crippen MR) is 65.0 cm³/mol. The Hall–Kier alpha value is -2.53. The van der Waals surface area contributed by atoms with Gasteiger partial charge in [0.05, 0.1) is 11.5 Å². The minimum Gasteiger partial charge on any atom is -0.370 e. The van der Waals surface area contributed by atoms with Crippen LogP contribution in [0.25, 0.3) is 0 Å². The van der Waals surface area contributed by atoms with Crippen LogP contribution in [0.3, 0.4) is 0 Å². The van der Waals surface area contributed by atoms with Crippen LogP contribution >= 0.6 is 0 Å². The van der Waals surface area contributed by atoms with Crippen LogP contribution in [0.4, 0.5) is 17.3 Å². The number of hydrogen-bond acceptors (Lipinski definition) is 9. The van der Waals surface area contributed by atoms with Gasteiger partial charge in [-0.15, -0.1) is 0 Å². The monoisotopic (exact) mass is 271 g/mol. The molecule has 0 atom stereocenters. The van der Waals surface area contributed by atoms with E-state index in [1.807, 2.05) is 0 Å². The maximum absolute atomic E-state index is 10.9. The summed E-state index contributed by atoms with van der Waals surface area (Å²) < 4.78 is 4.88. The maximum atomic E-state index is 10.9. The number of aromatic nitrogens is 2. The van der Waals surface area contributed by atoms with Crippen LogP contribution in [0.2, 0.25) is 0 Å². The second-order valence-corrected chi connectivity index (χ2v) is 3.27. The second kappa shape index (κ2) is 7.03. The number of carbonyl (C=O) groups is 1. The number of anilines is 2. The summed E-state index contributed by atoms with van der Waals surface area (Å²) in [7, 11) is 0. The molecular weight excluding hydrogens is 258 g/mol. The van der Waals surface area contributed by atoms with Crippen molar-refractivity contribution in [3.63, 3.8) is 0 Å². The summed E-state index contributed by atoms with van der Waals surface area (Å²) in [5.74, 6) is 4.41. The highest BCUT2D eigenvalue weighted by atomic mass is 16.6. The summed E-state index contributed by atoms with van der Waals surface area (Å²) in [6, 6.07) is 0. The van der Waals surface area contributed by atoms with Gasteiger partial charge in [-0.3, -0.25) is 14.9 Å². The average molecular weight is 271 g/mol. The molecule has 1 aromatic rings. The van der Waals surface area contributed by atoms with Crippen molar-refractivity contribution in [2.75, 3.05) is 30.5 Å². The Bertz CT molecular complexity index is 466. The van der Waals surface area contributed by atoms with Crippen molar-refractivity contribution >= 4 is 23.2 Å². The van der Waals surface area contributed by atoms with Gasteiger partial charge in [0.2, 0.25) is 17.5 Å². The molecule has 0 unspecified atom stereocenters. The Morgan fingerprint density at radius 3 is 2.74 bits per heavy atom. The summed E-state index contributed by atoms with van der Waals surface area (Å²) >= 11 is 0. The molecule has 0 bridgehead atoms. The standard InChI is InChI=1S/C8H13N7O4/c9-5(16)3-19-2-1-11-7-6(15(17)18)8(14-10)13-4-12-7/h4H,1-3,10H2,(H2,9,16)(H2,11,12,13,14). The van der Waals surface area contributed by atoms with Gasteiger partial charge >= 0.3 is 5.69 Å². The van der Waals surface area contributed by atoms with Crippen LogP contribution in [0.1, 0.15) is 0 Å². The van der Waals surface area contributed by atoms with Crippen LogP contribution in [0.15, 0.2) is 6.33 Å². The summed E-state index contributed by atoms with van der Waals surface area (Å²) in [4.78, 5) is 28.0. The van der Waals surface area contributed by atoms with Crippen LogP contribution in [-0.4, -0.2) is 40.6 Å². The van der Waals surface area contributed by atoms with Crippen molar-refractivity contribution in [2.24, 2.45) is 11.6 Å². The Morgan fingerprint density at radius 2 is 2.16 bits per heavy atom. The molecule has 1 aromatic heterocycles. The summed E-state index contributed by atoms with van der Waals surface area (Å²) in [6.07, 6.45) is 1.12. The molecule has 0 radical (unpaired) electrons. The first-order chi connectivity index (χ1) is 9.06. The van der Waals surface area contributed by atoms with E-state index < -0.39 is 10.8 Å². The van der Waals surface area contributed by atoms with E-state index in [2.05, 4.69) is 20.7 Å². The van der Waals surface area contributed by atoms with Crippen LogP contribution < -0.4 is 22.3 Å². The number of rotatable bonds is 8. The number of nitro groups is 1. The number of nitrogens with one attached hydrogen (secondary N) is 2. The van der Waals surface area contributed by atoms with Gasteiger partial charge in [-0.05, 0) is 0 Å². The van der Waals surface area contributed by atoms with Crippen LogP contribution in [-0.2, 0) is 9.53 Å². The van der Waals surface area contributed by atoms with Gasteiger partial charge in [-0.25, -0.2) is 15.8 Å². The van der Waals surface area contributed by atoms with E-state index >= 15 is 0 Å². The molecule has 1 rings (SSSR count). The number of primary amides is 1. The number of nitrogen functional groups attached to an aromatic ring is 1. The average Bonchev–Trinajstić information content (AvgIpc) is 2.37. The number of amides is 1. The third-order valence-corrected chi connectivity index (χ3v) is 1.92. The number of carbonyl (C=O) groups excluding carboxylic acids is 1. The van der Waals surface area contributed by atoms with E-state index in [-0.39, 0.29) is 37.1 Å². The van der Waals surface area contributed by atoms with Gasteiger partial charge in [0.25, 0.3) is 0 Å². The Morgan fingerprint density at radius 1 is 1.47 bits per heavy atom. The first-order valence-electron chi connectivity index (χ1n) is 5.12. The Balaban J connectivity index is 2.62. The summed E-state index contributed by atoms with van der Waals surface area (Å²) in [5.41, 5.74) is 6.60. The molecule has 11 heteroatoms. The highest BCUT2D eigenvalue weighted by Crippen LogP contribution is 2.27. The maximum Gasteiger partial charge on any atom is 0.354 e. The van der Waals surface area contributed by atoms with Gasteiger partial charge in [-0.1, -0.05) is 0 Å². The molecule has 0 aliphatic heterocycles. The van der Waals surface area contributed by atoms with Gasteiger partial charge < -0.3 is 21.2 Å². The molecular formula is C8H13N7O4. The van der Waals surface area contributed by atoms with Crippen LogP contribution in [0, 0.1) is 10.1 Å². The minimum atomic E-state index is -0.665. The molecule has 0 aromatic carbocycles. The largest absolute Gasteiger partial charge is 0.370 e. The Kier molecular flexibility index (Phi) is 5.37. The van der Waals surface area contributed by atoms with Crippen molar-refractivity contribution in [2.45, 2.75) is 0 Å². The second-order valence-electron chi connectivity index (χ2n) is 3.27. The topological polar surface area (TPSA) is 171 Å². The van der Waals surface area contributed by atoms with E-state index in [1.54, 1.807) is 0 Å². The molecule has 0 aliphatic carbocycles. The number of nitrogens with zero attached hydrogens (tertiary/aromatic N) is 3. The first-order valence-corrected chi connectivity index (χ1v) is 5.12. The molecule has 1 amide bonds. The fourth-order valence-electron chi connectivity index (χ4n) is 1.20. The molecule has 0 saturated carbocycles. The van der Waals surface area contributed by atoms with E-state index in [0.29, 0.717) is 0 Å². The molecule has 11 nitrogen and oxygen atoms in total. The molecule has 0 saturated heterocycles. The normalized spacial score (nSPS) is 9.95. The highest BCUT2D eigenvalue weighted by molar-refractivity contribution is 5.75. The highest BCUT2D eigenvalue weighted by Gasteiger charge is 2.21. The molecule has 19 heavy (non-hydrogen) atoms. The fourth-order valence-corrected chi connectivity index (χ4v) is 1.20. The number of hydrazine groups is 1. The quantitative estimate of drug-likeness (QED) is 0.191. The number of nitrogens with two attached hydrogens (primary N) is 2. The van der Waals surface area contributed by atoms with E-state index in [9.17, 15) is 14.9 Å². The van der Waals surface area contributed by atoms with Crippen LogP contribution in [0.5, 0.6) is 0 Å². The number of ether oxygens (including phenoxy) is 1. The van der Waals surface area contributed by atoms with Crippen molar-refractivity contribution in [1.82, 2.24) is 9.97 Å². The zero-order chi connectivity index (χ0) is 14.3. The lowest BCUT2D eigenvalue weighted by Crippen LogP contribution is -2.21. The summed E-state index contributed by atoms with van der Waals surface area (Å²) in [5, 5.41) is 13.6. The van der Waals surface area contributed by atoms with E-state index in [1.165, 1.54) is 0 Å². The predicted octanol–water partition coefficient (Wildman–Crippen LogP) is -1.42. The summed E-state index contributed by atoms with van der Waals surface area (Å²) in [6.45, 7) is 0.119. The molecule has 6 N–H and O–H groups in total. The molecule has 1 heterocycles. The third kappa shape index (κ3) is 4.33. The lowest BCUT2D eigenvalue weighted by Gasteiger charge is -2.07. The smallest absolute Gasteiger partial charge is 0.354 e.